The summed E-state index contributed by atoms with van der Waals surface area (Å²) in [4.78, 5) is 8.78. The third-order valence-electron chi connectivity index (χ3n) is 0.358. The van der Waals surface area contributed by atoms with E-state index >= 15 is 0 Å². The van der Waals surface area contributed by atoms with E-state index in [1.807, 2.05) is 0 Å². The van der Waals surface area contributed by atoms with Crippen LogP contribution in [0.3, 0.4) is 0 Å². The lowest BCUT2D eigenvalue weighted by Gasteiger charge is -1.95. The minimum Gasteiger partial charge on any atom is -0.465 e. The van der Waals surface area contributed by atoms with E-state index in [1.54, 1.807) is 0 Å². The zero-order valence-corrected chi connectivity index (χ0v) is 5.67. The Kier molecular flexibility index (Phi) is 10.7. The number of nitrogens with two attached hydrogens (primary N) is 1. The molecule has 0 aromatic rings. The van der Waals surface area contributed by atoms with Gasteiger partial charge in [0.25, 0.3) is 0 Å². The van der Waals surface area contributed by atoms with Gasteiger partial charge in [-0.05, 0) is 0 Å². The SMILES string of the molecule is NC(=O)O.OCCOB(O)O. The molecule has 6 N–H and O–H groups in total. The molecular weight excluding hydrogens is 157 g/mol. The molecule has 0 saturated carbocycles. The lowest BCUT2D eigenvalue weighted by Crippen LogP contribution is -2.18. The molecule has 8 heteroatoms. The van der Waals surface area contributed by atoms with Crippen LogP contribution < -0.4 is 5.73 Å². The first-order valence-corrected chi connectivity index (χ1v) is 2.57. The van der Waals surface area contributed by atoms with Crippen molar-refractivity contribution in [3.63, 3.8) is 0 Å². The number of hydrogen-bond donors (Lipinski definition) is 5. The van der Waals surface area contributed by atoms with Crippen LogP contribution in [0.4, 0.5) is 4.79 Å². The average molecular weight is 167 g/mol. The van der Waals surface area contributed by atoms with Crippen LogP contribution in [0.1, 0.15) is 0 Å². The van der Waals surface area contributed by atoms with E-state index in [9.17, 15) is 0 Å². The molecule has 7 nitrogen and oxygen atoms in total. The lowest BCUT2D eigenvalue weighted by atomic mass is 10.3. The minimum atomic E-state index is -1.76. The van der Waals surface area contributed by atoms with E-state index in [0.717, 1.165) is 0 Å². The molecule has 0 aromatic carbocycles. The summed E-state index contributed by atoms with van der Waals surface area (Å²) in [6, 6.07) is 0. The maximum atomic E-state index is 8.78. The maximum absolute atomic E-state index is 8.78. The molecule has 0 bridgehead atoms. The molecule has 0 rings (SSSR count). The second kappa shape index (κ2) is 9.17. The highest BCUT2D eigenvalue weighted by atomic mass is 16.6. The zero-order valence-electron chi connectivity index (χ0n) is 5.67. The van der Waals surface area contributed by atoms with Gasteiger partial charge in [0.2, 0.25) is 0 Å². The van der Waals surface area contributed by atoms with E-state index in [2.05, 4.69) is 10.4 Å². The number of aliphatic hydroxyl groups is 1. The smallest absolute Gasteiger partial charge is 0.465 e. The molecule has 0 heterocycles. The highest BCUT2D eigenvalue weighted by molar-refractivity contribution is 6.32. The number of primary amides is 1. The Balaban J connectivity index is 0. The lowest BCUT2D eigenvalue weighted by molar-refractivity contribution is 0.141. The van der Waals surface area contributed by atoms with E-state index < -0.39 is 13.4 Å². The zero-order chi connectivity index (χ0) is 9.28. The van der Waals surface area contributed by atoms with E-state index in [-0.39, 0.29) is 13.2 Å². The van der Waals surface area contributed by atoms with E-state index in [1.165, 1.54) is 0 Å². The van der Waals surface area contributed by atoms with Crippen LogP contribution in [-0.2, 0) is 4.65 Å². The van der Waals surface area contributed by atoms with Crippen LogP contribution in [0.25, 0.3) is 0 Å². The molecular formula is C3H10BNO6. The summed E-state index contributed by atoms with van der Waals surface area (Å²) in [5, 5.41) is 31.0. The van der Waals surface area contributed by atoms with Crippen molar-refractivity contribution in [1.29, 1.82) is 0 Å². The number of rotatable bonds is 3. The largest absolute Gasteiger partial charge is 0.633 e. The normalized spacial score (nSPS) is 7.91. The van der Waals surface area contributed by atoms with Gasteiger partial charge in [-0.25, -0.2) is 4.79 Å². The van der Waals surface area contributed by atoms with Crippen LogP contribution >= 0.6 is 0 Å². The van der Waals surface area contributed by atoms with Gasteiger partial charge in [0.05, 0.1) is 13.2 Å². The Bertz CT molecular complexity index is 93.8. The first-order valence-electron chi connectivity index (χ1n) is 2.57. The fraction of sp³-hybridized carbons (Fsp3) is 0.667. The van der Waals surface area contributed by atoms with Gasteiger partial charge in [-0.3, -0.25) is 0 Å². The summed E-state index contributed by atoms with van der Waals surface area (Å²) in [5.74, 6) is 0. The molecule has 0 aliphatic rings. The topological polar surface area (TPSA) is 133 Å². The third kappa shape index (κ3) is 46.9. The van der Waals surface area contributed by atoms with Gasteiger partial charge in [-0.1, -0.05) is 0 Å². The molecule has 0 radical (unpaired) electrons. The predicted molar refractivity (Wildman–Crippen MR) is 35.4 cm³/mol. The van der Waals surface area contributed by atoms with Crippen molar-refractivity contribution in [1.82, 2.24) is 0 Å². The average Bonchev–Trinajstić information content (AvgIpc) is 1.82. The minimum absolute atomic E-state index is 0.0440. The van der Waals surface area contributed by atoms with Crippen molar-refractivity contribution in [2.45, 2.75) is 0 Å². The van der Waals surface area contributed by atoms with Crippen molar-refractivity contribution in [2.75, 3.05) is 13.2 Å². The maximum Gasteiger partial charge on any atom is 0.633 e. The van der Waals surface area contributed by atoms with Crippen LogP contribution in [0.2, 0.25) is 0 Å². The van der Waals surface area contributed by atoms with E-state index in [0.29, 0.717) is 0 Å². The number of amides is 1. The fourth-order valence-corrected chi connectivity index (χ4v) is 0.158. The molecule has 66 valence electrons. The Morgan fingerprint density at radius 2 is 1.91 bits per heavy atom. The number of carbonyl (C=O) groups is 1. The molecule has 0 spiro atoms. The monoisotopic (exact) mass is 167 g/mol. The Hall–Kier alpha value is -0.825. The van der Waals surface area contributed by atoms with Gasteiger partial charge < -0.3 is 30.6 Å². The van der Waals surface area contributed by atoms with E-state index in [4.69, 9.17) is 25.1 Å². The van der Waals surface area contributed by atoms with Crippen molar-refractivity contribution >= 4 is 13.4 Å². The van der Waals surface area contributed by atoms with Crippen molar-refractivity contribution < 1.29 is 29.7 Å². The Morgan fingerprint density at radius 3 is 2.00 bits per heavy atom. The quantitative estimate of drug-likeness (QED) is 0.297. The first kappa shape index (κ1) is 12.8. The summed E-state index contributed by atoms with van der Waals surface area (Å²) in [6.07, 6.45) is -1.33. The third-order valence-corrected chi connectivity index (χ3v) is 0.358. The number of carboxylic acid groups (broad SMARTS) is 1. The summed E-state index contributed by atoms with van der Waals surface area (Å²) in [6.45, 7) is -0.241. The van der Waals surface area contributed by atoms with Crippen molar-refractivity contribution in [3.05, 3.63) is 0 Å². The summed E-state index contributed by atoms with van der Waals surface area (Å²) in [5.41, 5.74) is 4.03. The number of hydrogen-bond acceptors (Lipinski definition) is 5. The molecule has 0 aliphatic heterocycles. The van der Waals surface area contributed by atoms with Gasteiger partial charge in [0.1, 0.15) is 0 Å². The van der Waals surface area contributed by atoms with Gasteiger partial charge >= 0.3 is 13.4 Å². The van der Waals surface area contributed by atoms with Gasteiger partial charge in [-0.2, -0.15) is 0 Å². The molecule has 0 fully saturated rings. The molecule has 0 aromatic heterocycles. The summed E-state index contributed by atoms with van der Waals surface area (Å²) >= 11 is 0. The van der Waals surface area contributed by atoms with Gasteiger partial charge in [0.15, 0.2) is 0 Å². The summed E-state index contributed by atoms with van der Waals surface area (Å²) in [7, 11) is -1.76. The van der Waals surface area contributed by atoms with Gasteiger partial charge in [-0.15, -0.1) is 0 Å². The van der Waals surface area contributed by atoms with Crippen LogP contribution in [0.5, 0.6) is 0 Å². The van der Waals surface area contributed by atoms with Crippen LogP contribution in [-0.4, -0.2) is 46.9 Å². The molecule has 0 aliphatic carbocycles. The number of aliphatic hydroxyl groups excluding tert-OH is 1. The van der Waals surface area contributed by atoms with Crippen LogP contribution in [0, 0.1) is 0 Å². The highest BCUT2D eigenvalue weighted by Gasteiger charge is 2.05. The van der Waals surface area contributed by atoms with Crippen molar-refractivity contribution in [3.8, 4) is 0 Å². The fourth-order valence-electron chi connectivity index (χ4n) is 0.158. The highest BCUT2D eigenvalue weighted by Crippen LogP contribution is 1.70. The molecule has 1 amide bonds. The molecule has 0 atom stereocenters. The van der Waals surface area contributed by atoms with Crippen molar-refractivity contribution in [2.24, 2.45) is 5.73 Å². The second-order valence-electron chi connectivity index (χ2n) is 1.26. The summed E-state index contributed by atoms with van der Waals surface area (Å²) < 4.78 is 4.05. The van der Waals surface area contributed by atoms with Gasteiger partial charge in [0, 0.05) is 0 Å². The second-order valence-corrected chi connectivity index (χ2v) is 1.26. The molecule has 0 unspecified atom stereocenters. The Labute approximate surface area is 63.2 Å². The van der Waals surface area contributed by atoms with Crippen LogP contribution in [0.15, 0.2) is 0 Å². The molecule has 0 saturated heterocycles. The predicted octanol–water partition coefficient (Wildman–Crippen LogP) is -2.41. The Morgan fingerprint density at radius 1 is 1.55 bits per heavy atom. The standard InChI is InChI=1S/C2H7BO4.CH3NO2/c4-1-2-7-3(5)6;2-1(3)4/h4-6H,1-2H2;2H2,(H,3,4). The molecule has 11 heavy (non-hydrogen) atoms. The first-order chi connectivity index (χ1) is 5.00.